The van der Waals surface area contributed by atoms with Crippen LogP contribution in [0.3, 0.4) is 0 Å². The smallest absolute Gasteiger partial charge is 0.254 e. The van der Waals surface area contributed by atoms with Crippen LogP contribution in [0.15, 0.2) is 36.4 Å². The van der Waals surface area contributed by atoms with E-state index in [-0.39, 0.29) is 11.8 Å². The lowest BCUT2D eigenvalue weighted by molar-refractivity contribution is -0.132. The number of ether oxygens (including phenoxy) is 2. The van der Waals surface area contributed by atoms with E-state index < -0.39 is 0 Å². The predicted octanol–water partition coefficient (Wildman–Crippen LogP) is 4.32. The molecule has 0 N–H and O–H groups in total. The van der Waals surface area contributed by atoms with Gasteiger partial charge in [-0.25, -0.2) is 0 Å². The summed E-state index contributed by atoms with van der Waals surface area (Å²) in [6.07, 6.45) is 1.96. The Bertz CT molecular complexity index is 921. The zero-order valence-corrected chi connectivity index (χ0v) is 19.2. The highest BCUT2D eigenvalue weighted by Gasteiger charge is 2.25. The number of piperazine rings is 1. The van der Waals surface area contributed by atoms with Gasteiger partial charge in [0.15, 0.2) is 0 Å². The van der Waals surface area contributed by atoms with E-state index in [9.17, 15) is 9.59 Å². The Labute approximate surface area is 192 Å². The van der Waals surface area contributed by atoms with Crippen LogP contribution in [0.2, 0.25) is 10.0 Å². The summed E-state index contributed by atoms with van der Waals surface area (Å²) in [7, 11) is 3.10. The molecule has 1 aliphatic heterocycles. The van der Waals surface area contributed by atoms with E-state index in [1.807, 2.05) is 17.0 Å². The molecular weight excluding hydrogens is 439 g/mol. The molecule has 2 aromatic rings. The Morgan fingerprint density at radius 2 is 1.48 bits per heavy atom. The predicted molar refractivity (Wildman–Crippen MR) is 121 cm³/mol. The number of rotatable bonds is 7. The second-order valence-corrected chi connectivity index (χ2v) is 8.19. The molecule has 1 fully saturated rings. The first kappa shape index (κ1) is 23.2. The van der Waals surface area contributed by atoms with Crippen LogP contribution in [0.1, 0.15) is 28.8 Å². The molecule has 0 aliphatic carbocycles. The molecule has 0 unspecified atom stereocenters. The minimum absolute atomic E-state index is 0.0936. The SMILES string of the molecule is COc1cc(OC)cc(C(=O)N2CCN(C(=O)CCCc3ccc(Cl)c(Cl)c3)CC2)c1. The van der Waals surface area contributed by atoms with Crippen LogP contribution in [-0.4, -0.2) is 62.0 Å². The normalized spacial score (nSPS) is 13.8. The maximum absolute atomic E-state index is 12.9. The molecule has 0 saturated carbocycles. The van der Waals surface area contributed by atoms with E-state index in [0.29, 0.717) is 59.7 Å². The first-order chi connectivity index (χ1) is 14.9. The van der Waals surface area contributed by atoms with Gasteiger partial charge in [-0.15, -0.1) is 0 Å². The molecule has 0 radical (unpaired) electrons. The lowest BCUT2D eigenvalue weighted by Crippen LogP contribution is -2.50. The van der Waals surface area contributed by atoms with E-state index in [1.54, 1.807) is 43.4 Å². The number of halogens is 2. The standard InChI is InChI=1S/C23H26Cl2N2O4/c1-30-18-13-17(14-19(15-18)31-2)23(29)27-10-8-26(9-11-27)22(28)5-3-4-16-6-7-20(24)21(25)12-16/h6-7,12-15H,3-5,8-11H2,1-2H3. The quantitative estimate of drug-likeness (QED) is 0.612. The maximum atomic E-state index is 12.9. The van der Waals surface area contributed by atoms with E-state index in [4.69, 9.17) is 32.7 Å². The number of aryl methyl sites for hydroxylation is 1. The van der Waals surface area contributed by atoms with Gasteiger partial charge in [0.1, 0.15) is 11.5 Å². The van der Waals surface area contributed by atoms with Crippen LogP contribution in [0, 0.1) is 0 Å². The maximum Gasteiger partial charge on any atom is 0.254 e. The van der Waals surface area contributed by atoms with E-state index >= 15 is 0 Å². The molecule has 2 amide bonds. The number of benzene rings is 2. The molecular formula is C23H26Cl2N2O4. The lowest BCUT2D eigenvalue weighted by atomic mass is 10.1. The number of hydrogen-bond acceptors (Lipinski definition) is 4. The Hall–Kier alpha value is -2.44. The van der Waals surface area contributed by atoms with Crippen LogP contribution in [0.5, 0.6) is 11.5 Å². The van der Waals surface area contributed by atoms with Crippen molar-refractivity contribution in [2.45, 2.75) is 19.3 Å². The average Bonchev–Trinajstić information content (AvgIpc) is 2.80. The van der Waals surface area contributed by atoms with Crippen molar-refractivity contribution in [2.24, 2.45) is 0 Å². The number of nitrogens with zero attached hydrogens (tertiary/aromatic N) is 2. The van der Waals surface area contributed by atoms with Crippen molar-refractivity contribution in [3.63, 3.8) is 0 Å². The monoisotopic (exact) mass is 464 g/mol. The summed E-state index contributed by atoms with van der Waals surface area (Å²) in [5.41, 5.74) is 1.57. The van der Waals surface area contributed by atoms with Crippen molar-refractivity contribution in [1.82, 2.24) is 9.80 Å². The summed E-state index contributed by atoms with van der Waals surface area (Å²) in [6, 6.07) is 10.7. The number of methoxy groups -OCH3 is 2. The Balaban J connectivity index is 1.49. The third kappa shape index (κ3) is 6.05. The van der Waals surface area contributed by atoms with E-state index in [2.05, 4.69) is 0 Å². The minimum Gasteiger partial charge on any atom is -0.497 e. The summed E-state index contributed by atoms with van der Waals surface area (Å²) in [5.74, 6) is 1.15. The van der Waals surface area contributed by atoms with Crippen molar-refractivity contribution in [3.05, 3.63) is 57.6 Å². The van der Waals surface area contributed by atoms with Gasteiger partial charge in [-0.1, -0.05) is 29.3 Å². The molecule has 31 heavy (non-hydrogen) atoms. The number of hydrogen-bond donors (Lipinski definition) is 0. The Kier molecular flexibility index (Phi) is 8.04. The van der Waals surface area contributed by atoms with Gasteiger partial charge < -0.3 is 19.3 Å². The summed E-state index contributed by atoms with van der Waals surface area (Å²) in [4.78, 5) is 29.0. The third-order valence-corrected chi connectivity index (χ3v) is 6.10. The molecule has 0 spiro atoms. The van der Waals surface area contributed by atoms with Gasteiger partial charge in [0, 0.05) is 44.2 Å². The van der Waals surface area contributed by atoms with Gasteiger partial charge in [0.2, 0.25) is 5.91 Å². The van der Waals surface area contributed by atoms with Gasteiger partial charge in [-0.3, -0.25) is 9.59 Å². The van der Waals surface area contributed by atoms with Gasteiger partial charge in [-0.05, 0) is 42.7 Å². The molecule has 6 nitrogen and oxygen atoms in total. The molecule has 1 aliphatic rings. The number of carbonyl (C=O) groups is 2. The van der Waals surface area contributed by atoms with Crippen LogP contribution >= 0.6 is 23.2 Å². The largest absolute Gasteiger partial charge is 0.497 e. The molecule has 0 atom stereocenters. The fourth-order valence-corrected chi connectivity index (χ4v) is 3.89. The summed E-state index contributed by atoms with van der Waals surface area (Å²) in [5, 5.41) is 1.06. The highest BCUT2D eigenvalue weighted by atomic mass is 35.5. The molecule has 0 bridgehead atoms. The lowest BCUT2D eigenvalue weighted by Gasteiger charge is -2.35. The molecule has 8 heteroatoms. The number of carbonyl (C=O) groups excluding carboxylic acids is 2. The molecule has 2 aromatic carbocycles. The van der Waals surface area contributed by atoms with Crippen molar-refractivity contribution >= 4 is 35.0 Å². The minimum atomic E-state index is -0.0936. The molecule has 166 valence electrons. The zero-order valence-electron chi connectivity index (χ0n) is 17.7. The third-order valence-electron chi connectivity index (χ3n) is 5.36. The second kappa shape index (κ2) is 10.7. The molecule has 1 saturated heterocycles. The van der Waals surface area contributed by atoms with Crippen LogP contribution in [-0.2, 0) is 11.2 Å². The summed E-state index contributed by atoms with van der Waals surface area (Å²) < 4.78 is 10.5. The van der Waals surface area contributed by atoms with Crippen LogP contribution in [0.25, 0.3) is 0 Å². The van der Waals surface area contributed by atoms with E-state index in [0.717, 1.165) is 18.4 Å². The van der Waals surface area contributed by atoms with Gasteiger partial charge >= 0.3 is 0 Å². The molecule has 3 rings (SSSR count). The van der Waals surface area contributed by atoms with E-state index in [1.165, 1.54) is 0 Å². The van der Waals surface area contributed by atoms with Gasteiger partial charge in [0.25, 0.3) is 5.91 Å². The van der Waals surface area contributed by atoms with Crippen molar-refractivity contribution in [2.75, 3.05) is 40.4 Å². The van der Waals surface area contributed by atoms with Gasteiger partial charge in [0.05, 0.1) is 24.3 Å². The van der Waals surface area contributed by atoms with Crippen LogP contribution < -0.4 is 9.47 Å². The average molecular weight is 465 g/mol. The van der Waals surface area contributed by atoms with Crippen molar-refractivity contribution < 1.29 is 19.1 Å². The molecule has 1 heterocycles. The Morgan fingerprint density at radius 3 is 2.06 bits per heavy atom. The number of amides is 2. The molecule has 0 aromatic heterocycles. The van der Waals surface area contributed by atoms with Gasteiger partial charge in [-0.2, -0.15) is 0 Å². The Morgan fingerprint density at radius 1 is 0.871 bits per heavy atom. The highest BCUT2D eigenvalue weighted by molar-refractivity contribution is 6.42. The van der Waals surface area contributed by atoms with Crippen molar-refractivity contribution in [3.8, 4) is 11.5 Å². The topological polar surface area (TPSA) is 59.1 Å². The fourth-order valence-electron chi connectivity index (χ4n) is 3.57. The van der Waals surface area contributed by atoms with Crippen LogP contribution in [0.4, 0.5) is 0 Å². The first-order valence-electron chi connectivity index (χ1n) is 10.2. The second-order valence-electron chi connectivity index (χ2n) is 7.38. The fraction of sp³-hybridized carbons (Fsp3) is 0.391. The summed E-state index contributed by atoms with van der Waals surface area (Å²) >= 11 is 12.0. The summed E-state index contributed by atoms with van der Waals surface area (Å²) in [6.45, 7) is 2.05. The highest BCUT2D eigenvalue weighted by Crippen LogP contribution is 2.25. The first-order valence-corrected chi connectivity index (χ1v) is 10.9. The van der Waals surface area contributed by atoms with Crippen molar-refractivity contribution in [1.29, 1.82) is 0 Å². The zero-order chi connectivity index (χ0) is 22.4.